The van der Waals surface area contributed by atoms with Crippen molar-refractivity contribution >= 4 is 103 Å². The van der Waals surface area contributed by atoms with Gasteiger partial charge < -0.3 is 83.2 Å². The molecule has 7 fully saturated rings. The molecular weight excluding hydrogens is 1700 g/mol. The number of aliphatic hydroxyl groups is 1. The summed E-state index contributed by atoms with van der Waals surface area (Å²) in [6.45, 7) is 18.6. The summed E-state index contributed by atoms with van der Waals surface area (Å²) in [5.41, 5.74) is 9.39. The number of aliphatic hydroxyl groups excluding tert-OH is 1. The summed E-state index contributed by atoms with van der Waals surface area (Å²) in [4.78, 5) is 184. The maximum atomic E-state index is 15.8. The number of fused-ring (bicyclic) bond motifs is 7. The number of carbonyl (C=O) groups is 12. The van der Waals surface area contributed by atoms with E-state index in [2.05, 4.69) is 98.8 Å². The molecule has 714 valence electrons. The number of hydrogen-bond donors (Lipinski definition) is 13. The van der Waals surface area contributed by atoms with Crippen molar-refractivity contribution in [2.75, 3.05) is 57.8 Å². The highest BCUT2D eigenvalue weighted by molar-refractivity contribution is 8.76. The second-order valence-electron chi connectivity index (χ2n) is 40.3. The molecule has 0 aromatic heterocycles. The Kier molecular flexibility index (Phi) is 34.2. The van der Waals surface area contributed by atoms with Crippen LogP contribution in [-0.2, 0) is 70.3 Å². The van der Waals surface area contributed by atoms with Gasteiger partial charge in [-0.3, -0.25) is 58.1 Å². The first-order chi connectivity index (χ1) is 62.7. The standard InChI is InChI=1S/C100H142N14O15S2/c1-58(2)20-16-21-60(5)73-38-39-74-72-37-34-68-52-70(40-42-99(68,7)75(72)41-43-100(73,74)8)129-98(128)102-44-15-14-27-77-89(119)110-86(59(3)4)95(125)109-82(93(123)111-87(61(6)115)88(101)118)57-131-130-56-81(92(122)106-79(49-62-31-35-69(116)36-32-62)90(120)105-78(85(117)54-104-77)51-67-53-103-76-26-13-12-25-71(67)76)108-91(121)80(50-63-30-33-64-22-10-11-23-65(64)48-63)107-94(124)83-28-18-46-113(83)97(127)84-29-19-47-114(84)96(126)66-24-17-45-112(9)55-66/h10-13,22-23,25-26,30-36,48,53,58-61,66,70-84,86-87,103-104,115-116H,14-21,24,27-29,37-47,49-52,54-57H2,1-9H3,(H2,101,118)(H,102,128)(H,105,120)(H,106,122)(H,107,124)(H,108,121)(H,109,125)(H,110,119)(H,111,123). The minimum absolute atomic E-state index is 0.0446. The molecule has 11 amide bonds. The maximum absolute atomic E-state index is 15.8. The number of nitrogens with two attached hydrogens (primary N) is 1. The van der Waals surface area contributed by atoms with Gasteiger partial charge in [0.2, 0.25) is 59.1 Å². The van der Waals surface area contributed by atoms with Gasteiger partial charge in [0, 0.05) is 62.9 Å². The number of carbonyl (C=O) groups excluding carboxylic acids is 12. The number of hydrogen-bond acceptors (Lipinski definition) is 20. The molecule has 31 heteroatoms. The van der Waals surface area contributed by atoms with E-state index in [1.54, 1.807) is 37.1 Å². The number of nitrogens with one attached hydrogen (secondary N) is 10. The lowest BCUT2D eigenvalue weighted by Crippen LogP contribution is -2.61. The molecule has 10 aliphatic rings. The van der Waals surface area contributed by atoms with Gasteiger partial charge in [-0.15, -0.1) is 0 Å². The molecule has 5 aliphatic carbocycles. The molecule has 3 aromatic rings. The number of aromatic hydroxyl groups is 1. The number of primary amides is 1. The largest absolute Gasteiger partial charge is 0.508 e. The quantitative estimate of drug-likeness (QED) is 0.0183. The molecule has 14 N–H and O–H groups in total. The molecule has 4 saturated heterocycles. The molecule has 29 nitrogen and oxygen atoms in total. The van der Waals surface area contributed by atoms with Crippen molar-refractivity contribution in [2.24, 2.45) is 69.8 Å². The van der Waals surface area contributed by atoms with Crippen LogP contribution < -0.4 is 58.9 Å². The molecule has 131 heavy (non-hydrogen) atoms. The number of alkyl carbamates (subject to hydrolysis) is 1. The summed E-state index contributed by atoms with van der Waals surface area (Å²) < 4.78 is 6.21. The highest BCUT2D eigenvalue weighted by Gasteiger charge is 2.60. The molecule has 5 aliphatic heterocycles. The fourth-order valence-electron chi connectivity index (χ4n) is 23.1. The third-order valence-electron chi connectivity index (χ3n) is 30.4. The Hall–Kier alpha value is -9.30. The van der Waals surface area contributed by atoms with Crippen molar-refractivity contribution in [1.29, 1.82) is 0 Å². The van der Waals surface area contributed by atoms with E-state index in [1.165, 1.54) is 74.5 Å². The zero-order valence-corrected chi connectivity index (χ0v) is 79.5. The fourth-order valence-corrected chi connectivity index (χ4v) is 25.4. The Bertz CT molecular complexity index is 4740. The van der Waals surface area contributed by atoms with Gasteiger partial charge in [0.05, 0.1) is 36.7 Å². The number of allylic oxidation sites excluding steroid dienone is 3. The van der Waals surface area contributed by atoms with Crippen LogP contribution in [0.2, 0.25) is 0 Å². The summed E-state index contributed by atoms with van der Waals surface area (Å²) in [6.07, 6.45) is 25.9. The monoisotopic (exact) mass is 1840 g/mol. The first-order valence-corrected chi connectivity index (χ1v) is 50.8. The van der Waals surface area contributed by atoms with Crippen LogP contribution in [0.3, 0.4) is 0 Å². The number of rotatable bonds is 28. The van der Waals surface area contributed by atoms with Crippen molar-refractivity contribution in [3.63, 3.8) is 0 Å². The second-order valence-corrected chi connectivity index (χ2v) is 42.8. The highest BCUT2D eigenvalue weighted by atomic mass is 33.1. The number of phenols is 1. The summed E-state index contributed by atoms with van der Waals surface area (Å²) in [6, 6.07) is 5.48. The predicted octanol–water partition coefficient (Wildman–Crippen LogP) is 8.79. The molecule has 0 radical (unpaired) electrons. The Balaban J connectivity index is 0.748. The fraction of sp³-hybridized carbons (Fsp3) is 0.640. The SMILES string of the molecule is CC(C)CCCC(C)C1CCC2C3CC=C4CC(OC(=O)NCCCCC5NCC(=O)C(CC6=CNC7C=CC=CC67)NC(=O)C(Cc6ccc(O)cc6)NC(=O)C(NC(=O)C(Cc6ccc7ccccc7c6)NC(=O)C6CCCN6C(=O)C6CCCN6C(=O)C6CCCN(C)C6)CSSCC(C(=O)NC(C(N)=O)C(C)O)NC(=O)C(C(C)C)NC5=O)CCC4(C)C3CCC12C. The zero-order valence-electron chi connectivity index (χ0n) is 77.9. The number of phenolic OH excluding ortho intramolecular Hbond substituents is 1. The van der Waals surface area contributed by atoms with Gasteiger partial charge in [0.25, 0.3) is 0 Å². The van der Waals surface area contributed by atoms with E-state index in [-0.39, 0.29) is 104 Å². The van der Waals surface area contributed by atoms with Gasteiger partial charge in [-0.05, 0) is 228 Å². The second kappa shape index (κ2) is 45.2. The van der Waals surface area contributed by atoms with E-state index in [4.69, 9.17) is 10.5 Å². The van der Waals surface area contributed by atoms with Crippen molar-refractivity contribution in [1.82, 2.24) is 67.9 Å². The lowest BCUT2D eigenvalue weighted by molar-refractivity contribution is -0.149. The Morgan fingerprint density at radius 3 is 2.13 bits per heavy atom. The predicted molar refractivity (Wildman–Crippen MR) is 507 cm³/mol. The summed E-state index contributed by atoms with van der Waals surface area (Å²) in [7, 11) is 3.90. The van der Waals surface area contributed by atoms with Gasteiger partial charge in [0.1, 0.15) is 60.2 Å². The average Bonchev–Trinajstić information content (AvgIpc) is 1.69. The summed E-state index contributed by atoms with van der Waals surface area (Å²) >= 11 is 0. The van der Waals surface area contributed by atoms with Gasteiger partial charge in [-0.25, -0.2) is 4.79 Å². The highest BCUT2D eigenvalue weighted by Crippen LogP contribution is 2.67. The number of nitrogens with zero attached hydrogens (tertiary/aromatic N) is 3. The van der Waals surface area contributed by atoms with Crippen molar-refractivity contribution in [2.45, 2.75) is 282 Å². The average molecular weight is 1840 g/mol. The third-order valence-corrected chi connectivity index (χ3v) is 32.8. The van der Waals surface area contributed by atoms with E-state index in [0.717, 1.165) is 93.8 Å². The van der Waals surface area contributed by atoms with Crippen LogP contribution in [0.4, 0.5) is 4.79 Å². The summed E-state index contributed by atoms with van der Waals surface area (Å²) in [5, 5.41) is 52.4. The van der Waals surface area contributed by atoms with Gasteiger partial charge >= 0.3 is 6.09 Å². The Labute approximate surface area is 779 Å². The molecule has 22 atom stereocenters. The number of benzene rings is 3. The van der Waals surface area contributed by atoms with E-state index >= 15 is 33.6 Å². The first kappa shape index (κ1) is 99.2. The van der Waals surface area contributed by atoms with Crippen LogP contribution >= 0.6 is 21.6 Å². The number of piperidine rings is 1. The molecule has 3 saturated carbocycles. The summed E-state index contributed by atoms with van der Waals surface area (Å²) in [5.74, 6) is -5.52. The van der Waals surface area contributed by atoms with E-state index in [1.807, 2.05) is 73.8 Å². The molecule has 3 aromatic carbocycles. The number of ether oxygens (including phenoxy) is 1. The van der Waals surface area contributed by atoms with E-state index < -0.39 is 138 Å². The number of Topliss-reactive ketones (excluding diaryl/α,β-unsaturated/α-hetero) is 1. The zero-order chi connectivity index (χ0) is 93.5. The lowest BCUT2D eigenvalue weighted by atomic mass is 9.47. The number of ketones is 1. The van der Waals surface area contributed by atoms with Crippen LogP contribution in [0, 0.1) is 64.1 Å². The Morgan fingerprint density at radius 2 is 1.39 bits per heavy atom. The first-order valence-electron chi connectivity index (χ1n) is 48.3. The van der Waals surface area contributed by atoms with Crippen LogP contribution in [0.5, 0.6) is 5.75 Å². The number of likely N-dealkylation sites (tertiary alicyclic amines) is 3. The normalized spacial score (nSPS) is 30.8. The topological polar surface area (TPSA) is 411 Å². The van der Waals surface area contributed by atoms with E-state index in [9.17, 15) is 34.2 Å². The molecule has 0 bridgehead atoms. The van der Waals surface area contributed by atoms with Crippen LogP contribution in [0.25, 0.3) is 10.8 Å². The van der Waals surface area contributed by atoms with Gasteiger partial charge in [0.15, 0.2) is 5.78 Å². The molecular formula is C100H142N14O15S2. The lowest BCUT2D eigenvalue weighted by Gasteiger charge is -2.58. The maximum Gasteiger partial charge on any atom is 0.407 e. The van der Waals surface area contributed by atoms with Crippen molar-refractivity contribution < 1.29 is 72.5 Å². The minimum atomic E-state index is -1.64. The molecule has 5 heterocycles. The van der Waals surface area contributed by atoms with Gasteiger partial charge in [-0.2, -0.15) is 0 Å². The van der Waals surface area contributed by atoms with Crippen molar-refractivity contribution in [3.05, 3.63) is 126 Å². The van der Waals surface area contributed by atoms with Gasteiger partial charge in [-0.1, -0.05) is 180 Å². The van der Waals surface area contributed by atoms with Crippen LogP contribution in [-0.4, -0.2) is 232 Å². The Morgan fingerprint density at radius 1 is 0.679 bits per heavy atom. The van der Waals surface area contributed by atoms with Crippen molar-refractivity contribution in [3.8, 4) is 5.75 Å². The molecule has 22 unspecified atom stereocenters. The number of amides is 11. The smallest absolute Gasteiger partial charge is 0.407 e. The van der Waals surface area contributed by atoms with Crippen LogP contribution in [0.1, 0.15) is 201 Å². The van der Waals surface area contributed by atoms with E-state index in [0.29, 0.717) is 86.4 Å². The van der Waals surface area contributed by atoms with Crippen LogP contribution in [0.15, 0.2) is 114 Å². The number of unbranched alkanes of at least 4 members (excludes halogenated alkanes) is 1. The third kappa shape index (κ3) is 24.6. The molecule has 0 spiro atoms. The minimum Gasteiger partial charge on any atom is -0.508 e. The molecule has 13 rings (SSSR count).